The van der Waals surface area contributed by atoms with Crippen LogP contribution in [0.4, 0.5) is 13.2 Å². The number of carbonyl (C=O) groups excluding carboxylic acids is 2. The second-order valence-electron chi connectivity index (χ2n) is 11.3. The van der Waals surface area contributed by atoms with Crippen LogP contribution in [0.3, 0.4) is 0 Å². The van der Waals surface area contributed by atoms with Crippen LogP contribution in [-0.2, 0) is 32.2 Å². The Morgan fingerprint density at radius 1 is 0.935 bits per heavy atom. The van der Waals surface area contributed by atoms with Crippen molar-refractivity contribution in [3.63, 3.8) is 0 Å². The van der Waals surface area contributed by atoms with Gasteiger partial charge in [-0.2, -0.15) is 24.9 Å². The molecule has 0 bridgehead atoms. The Morgan fingerprint density at radius 3 is 2.37 bits per heavy atom. The largest absolute Gasteiger partial charge is 0.471 e. The van der Waals surface area contributed by atoms with Gasteiger partial charge in [-0.3, -0.25) is 9.59 Å². The lowest BCUT2D eigenvalue weighted by atomic mass is 9.99. The molecule has 2 aliphatic heterocycles. The zero-order chi connectivity index (χ0) is 32.7. The number of thioether (sulfide) groups is 1. The molecule has 2 heterocycles. The summed E-state index contributed by atoms with van der Waals surface area (Å²) in [5, 5.41) is 21.3. The molecule has 0 aromatic heterocycles. The first kappa shape index (κ1) is 33.9. The molecule has 3 aromatic rings. The summed E-state index contributed by atoms with van der Waals surface area (Å²) in [6.07, 6.45) is -4.74. The van der Waals surface area contributed by atoms with Gasteiger partial charge in [-0.15, -0.1) is 0 Å². The molecule has 46 heavy (non-hydrogen) atoms. The van der Waals surface area contributed by atoms with Crippen LogP contribution in [0.25, 0.3) is 11.1 Å². The van der Waals surface area contributed by atoms with Crippen molar-refractivity contribution < 1.29 is 42.4 Å². The average molecular weight is 659 g/mol. The number of hydrogen-bond donors (Lipinski definition) is 3. The van der Waals surface area contributed by atoms with Crippen molar-refractivity contribution in [2.24, 2.45) is 0 Å². The van der Waals surface area contributed by atoms with Crippen molar-refractivity contribution in [3.05, 3.63) is 95.1 Å². The number of nitrogens with zero attached hydrogens (tertiary/aromatic N) is 1. The van der Waals surface area contributed by atoms with Gasteiger partial charge < -0.3 is 29.9 Å². The molecule has 4 atom stereocenters. The van der Waals surface area contributed by atoms with Gasteiger partial charge in [0.1, 0.15) is 6.04 Å². The van der Waals surface area contributed by atoms with Gasteiger partial charge in [-0.1, -0.05) is 66.7 Å². The number of alkyl halides is 3. The van der Waals surface area contributed by atoms with Gasteiger partial charge in [0.05, 0.1) is 25.4 Å². The highest BCUT2D eigenvalue weighted by Gasteiger charge is 2.47. The minimum absolute atomic E-state index is 0.0331. The van der Waals surface area contributed by atoms with Crippen molar-refractivity contribution in [3.8, 4) is 11.1 Å². The Hall–Kier alpha value is -3.42. The van der Waals surface area contributed by atoms with Crippen molar-refractivity contribution in [2.75, 3.05) is 24.7 Å². The van der Waals surface area contributed by atoms with E-state index in [2.05, 4.69) is 5.32 Å². The van der Waals surface area contributed by atoms with Crippen LogP contribution in [0.5, 0.6) is 0 Å². The second kappa shape index (κ2) is 15.4. The van der Waals surface area contributed by atoms with Crippen molar-refractivity contribution in [2.45, 2.75) is 63.1 Å². The highest BCUT2D eigenvalue weighted by atomic mass is 32.2. The number of carbonyl (C=O) groups is 2. The van der Waals surface area contributed by atoms with E-state index >= 15 is 0 Å². The first-order chi connectivity index (χ1) is 22.2. The molecule has 3 aromatic carbocycles. The Labute approximate surface area is 269 Å². The fourth-order valence-corrected chi connectivity index (χ4v) is 6.52. The van der Waals surface area contributed by atoms with E-state index in [9.17, 15) is 33.0 Å². The predicted molar refractivity (Wildman–Crippen MR) is 167 cm³/mol. The molecule has 2 aliphatic rings. The number of aliphatic hydroxyl groups is 2. The zero-order valence-electron chi connectivity index (χ0n) is 25.1. The standard InChI is InChI=1S/C34H37F3N2O6S/c35-34(36,37)33(43)39-14-2-5-29(39)31(42)38-19-23-3-1-4-27(17-23)24-10-12-26(13-11-24)32-44-28(21-46-16-15-40)18-30(45-32)25-8-6-22(20-41)7-9-25/h1,3-4,6-13,17,28-30,32,40-41H,2,5,14-16,18-21H2,(H,38,42)/t28-,29-,30+,32+/m0/s1. The molecule has 2 amide bonds. The summed E-state index contributed by atoms with van der Waals surface area (Å²) in [6.45, 7) is 0.0745. The normalized spacial score (nSPS) is 21.7. The van der Waals surface area contributed by atoms with Crippen molar-refractivity contribution >= 4 is 23.6 Å². The molecule has 2 fully saturated rings. The number of halogens is 3. The Bertz CT molecular complexity index is 1470. The predicted octanol–water partition coefficient (Wildman–Crippen LogP) is 5.29. The molecule has 2 saturated heterocycles. The first-order valence-corrected chi connectivity index (χ1v) is 16.4. The van der Waals surface area contributed by atoms with Gasteiger partial charge in [-0.05, 0) is 46.7 Å². The summed E-state index contributed by atoms with van der Waals surface area (Å²) >= 11 is 1.62. The van der Waals surface area contributed by atoms with Gasteiger partial charge in [0.2, 0.25) is 5.91 Å². The number of hydrogen-bond acceptors (Lipinski definition) is 7. The molecule has 3 N–H and O–H groups in total. The van der Waals surface area contributed by atoms with E-state index in [-0.39, 0.29) is 44.9 Å². The topological polar surface area (TPSA) is 108 Å². The monoisotopic (exact) mass is 658 g/mol. The van der Waals surface area contributed by atoms with Crippen LogP contribution in [0.1, 0.15) is 53.9 Å². The molecule has 5 rings (SSSR count). The van der Waals surface area contributed by atoms with Gasteiger partial charge in [0, 0.05) is 36.6 Å². The first-order valence-electron chi connectivity index (χ1n) is 15.2. The van der Waals surface area contributed by atoms with Gasteiger partial charge in [0.15, 0.2) is 6.29 Å². The van der Waals surface area contributed by atoms with E-state index in [1.54, 1.807) is 11.8 Å². The number of benzene rings is 3. The fourth-order valence-electron chi connectivity index (χ4n) is 5.75. The van der Waals surface area contributed by atoms with Crippen LogP contribution in [-0.4, -0.2) is 69.9 Å². The zero-order valence-corrected chi connectivity index (χ0v) is 25.9. The molecule has 0 aliphatic carbocycles. The number of amides is 2. The summed E-state index contributed by atoms with van der Waals surface area (Å²) in [6, 6.07) is 21.8. The second-order valence-corrected chi connectivity index (χ2v) is 12.5. The van der Waals surface area contributed by atoms with E-state index < -0.39 is 30.3 Å². The SMILES string of the molecule is O=C(NCc1cccc(-c2ccc([C@@H]3O[C@H](CSCCO)C[C@H](c4ccc(CO)cc4)O3)cc2)c1)[C@@H]1CCCN1C(=O)C(F)(F)F. The summed E-state index contributed by atoms with van der Waals surface area (Å²) in [4.78, 5) is 25.1. The molecule has 8 nitrogen and oxygen atoms in total. The number of aliphatic hydroxyl groups excluding tert-OH is 2. The van der Waals surface area contributed by atoms with Crippen LogP contribution in [0, 0.1) is 0 Å². The third kappa shape index (κ3) is 8.48. The fraction of sp³-hybridized carbons (Fsp3) is 0.412. The Balaban J connectivity index is 1.24. The van der Waals surface area contributed by atoms with Crippen molar-refractivity contribution in [1.29, 1.82) is 0 Å². The number of ether oxygens (including phenoxy) is 2. The number of rotatable bonds is 11. The minimum Gasteiger partial charge on any atom is -0.396 e. The van der Waals surface area contributed by atoms with Gasteiger partial charge in [0.25, 0.3) is 0 Å². The summed E-state index contributed by atoms with van der Waals surface area (Å²) in [5.41, 5.74) is 5.22. The Morgan fingerprint density at radius 2 is 1.67 bits per heavy atom. The maximum atomic E-state index is 13.0. The van der Waals surface area contributed by atoms with Gasteiger partial charge in [-0.25, -0.2) is 0 Å². The third-order valence-corrected chi connectivity index (χ3v) is 9.20. The van der Waals surface area contributed by atoms with Crippen molar-refractivity contribution in [1.82, 2.24) is 10.2 Å². The highest BCUT2D eigenvalue weighted by Crippen LogP contribution is 2.39. The molecular formula is C34H37F3N2O6S. The summed E-state index contributed by atoms with van der Waals surface area (Å²) in [7, 11) is 0. The Kier molecular flexibility index (Phi) is 11.4. The third-order valence-electron chi connectivity index (χ3n) is 8.12. The number of likely N-dealkylation sites (tertiary alicyclic amines) is 1. The lowest BCUT2D eigenvalue weighted by molar-refractivity contribution is -0.245. The average Bonchev–Trinajstić information content (AvgIpc) is 3.57. The van der Waals surface area contributed by atoms with Crippen LogP contribution >= 0.6 is 11.8 Å². The lowest BCUT2D eigenvalue weighted by Gasteiger charge is -2.36. The molecule has 0 spiro atoms. The van der Waals surface area contributed by atoms with E-state index in [1.165, 1.54) is 0 Å². The minimum atomic E-state index is -5.02. The van der Waals surface area contributed by atoms with E-state index in [0.717, 1.165) is 33.4 Å². The summed E-state index contributed by atoms with van der Waals surface area (Å²) < 4.78 is 51.6. The molecule has 0 unspecified atom stereocenters. The van der Waals surface area contributed by atoms with Crippen LogP contribution in [0.15, 0.2) is 72.8 Å². The quantitative estimate of drug-likeness (QED) is 0.241. The molecule has 246 valence electrons. The van der Waals surface area contributed by atoms with E-state index in [1.807, 2.05) is 72.8 Å². The number of nitrogens with one attached hydrogen (secondary N) is 1. The highest BCUT2D eigenvalue weighted by molar-refractivity contribution is 7.99. The maximum Gasteiger partial charge on any atom is 0.471 e. The van der Waals surface area contributed by atoms with E-state index in [4.69, 9.17) is 9.47 Å². The van der Waals surface area contributed by atoms with Gasteiger partial charge >= 0.3 is 12.1 Å². The van der Waals surface area contributed by atoms with E-state index in [0.29, 0.717) is 29.2 Å². The molecule has 0 radical (unpaired) electrons. The smallest absolute Gasteiger partial charge is 0.396 e. The maximum absolute atomic E-state index is 13.0. The molecular weight excluding hydrogens is 621 g/mol. The van der Waals surface area contributed by atoms with Crippen LogP contribution in [0.2, 0.25) is 0 Å². The molecule has 12 heteroatoms. The summed E-state index contributed by atoms with van der Waals surface area (Å²) in [5.74, 6) is -1.25. The van der Waals surface area contributed by atoms with Crippen LogP contribution < -0.4 is 5.32 Å². The molecule has 0 saturated carbocycles. The lowest BCUT2D eigenvalue weighted by Crippen LogP contribution is -2.50.